The van der Waals surface area contributed by atoms with Crippen molar-refractivity contribution in [2.24, 2.45) is 0 Å². The van der Waals surface area contributed by atoms with E-state index in [-0.39, 0.29) is 94.8 Å². The molecule has 0 aliphatic carbocycles. The zero-order valence-corrected chi connectivity index (χ0v) is 51.3. The van der Waals surface area contributed by atoms with E-state index in [1.54, 1.807) is 0 Å². The molecular weight excluding hydrogens is 1360 g/mol. The van der Waals surface area contributed by atoms with Gasteiger partial charge >= 0.3 is 35.8 Å². The molecule has 0 fully saturated rings. The van der Waals surface area contributed by atoms with Crippen LogP contribution in [0.2, 0.25) is 60.3 Å². The second-order valence-electron chi connectivity index (χ2n) is 16.5. The lowest BCUT2D eigenvalue weighted by Crippen LogP contribution is -2.55. The van der Waals surface area contributed by atoms with Crippen molar-refractivity contribution >= 4 is 175 Å². The van der Waals surface area contributed by atoms with Gasteiger partial charge in [0.25, 0.3) is 0 Å². The van der Waals surface area contributed by atoms with E-state index in [2.05, 4.69) is 0 Å². The fourth-order valence-corrected chi connectivity index (χ4v) is 9.46. The SMILES string of the molecule is O=C(COc1ccc(Cl)cc1Cl)OCC(OC(=O)COc1ccc(Cl)cc1Cl)C(OC(=O)COc1ccc(Cl)cc1Cl)C(OC(=O)COc1ccc(Cl)cc1Cl)C(COC(=O)COc1ccc(Cl)cc1Cl)OC(=O)COc1ccc(Cl)cc1Cl. The molecule has 0 spiro atoms. The van der Waals surface area contributed by atoms with Crippen LogP contribution in [-0.2, 0) is 57.2 Å². The normalized spacial score (nSPS) is 12.3. The van der Waals surface area contributed by atoms with Gasteiger partial charge < -0.3 is 56.8 Å². The van der Waals surface area contributed by atoms with E-state index < -0.39 is 113 Å². The summed E-state index contributed by atoms with van der Waals surface area (Å²) in [6, 6.07) is 24.3. The Kier molecular flexibility index (Phi) is 26.8. The lowest BCUT2D eigenvalue weighted by Gasteiger charge is -2.35. The van der Waals surface area contributed by atoms with Crippen molar-refractivity contribution in [1.29, 1.82) is 0 Å². The smallest absolute Gasteiger partial charge is 0.344 e. The average Bonchev–Trinajstić information content (AvgIpc) is 3.59. The molecule has 6 rings (SSSR count). The molecule has 0 aliphatic rings. The van der Waals surface area contributed by atoms with E-state index in [4.69, 9.17) is 196 Å². The molecule has 0 N–H and O–H groups in total. The summed E-state index contributed by atoms with van der Waals surface area (Å²) in [5.74, 6) is -7.98. The third-order valence-corrected chi connectivity index (χ3v) is 13.6. The van der Waals surface area contributed by atoms with Crippen molar-refractivity contribution in [2.45, 2.75) is 24.4 Å². The highest BCUT2D eigenvalue weighted by Crippen LogP contribution is 2.33. The fraction of sp³-hybridized carbons (Fsp3) is 0.222. The molecule has 6 aromatic carbocycles. The van der Waals surface area contributed by atoms with Crippen LogP contribution in [-0.4, -0.2) is 113 Å². The predicted octanol–water partition coefficient (Wildman–Crippen LogP) is 14.0. The van der Waals surface area contributed by atoms with Crippen LogP contribution in [0.3, 0.4) is 0 Å². The summed E-state index contributed by atoms with van der Waals surface area (Å²) in [7, 11) is 0. The molecular formula is C54H38Cl12O18. The maximum absolute atomic E-state index is 14.3. The monoisotopic (exact) mass is 1390 g/mol. The summed E-state index contributed by atoms with van der Waals surface area (Å²) in [5.41, 5.74) is 0. The minimum absolute atomic E-state index is 0.00671. The molecule has 0 heterocycles. The Bertz CT molecular complexity index is 3120. The van der Waals surface area contributed by atoms with Crippen molar-refractivity contribution in [1.82, 2.24) is 0 Å². The number of carbonyl (C=O) groups excluding carboxylic acids is 6. The largest absolute Gasteiger partial charge is 0.480 e. The van der Waals surface area contributed by atoms with Crippen LogP contribution in [0.4, 0.5) is 0 Å². The van der Waals surface area contributed by atoms with Gasteiger partial charge in [0.05, 0.1) is 30.1 Å². The number of hydrogen-bond acceptors (Lipinski definition) is 18. The number of carbonyl (C=O) groups is 6. The zero-order chi connectivity index (χ0) is 61.0. The molecule has 446 valence electrons. The van der Waals surface area contributed by atoms with E-state index in [9.17, 15) is 28.8 Å². The number of benzene rings is 6. The Labute approximate surface area is 537 Å². The highest BCUT2D eigenvalue weighted by molar-refractivity contribution is 6.38. The van der Waals surface area contributed by atoms with Gasteiger partial charge in [-0.15, -0.1) is 0 Å². The molecule has 4 atom stereocenters. The first kappa shape index (κ1) is 67.5. The standard InChI is InChI=1S/C54H38Cl12O18/c55-27-1-7-39(33(61)13-27)73-21-47(67)79-19-45(81-49(69)23-75-41-9-3-29(57)15-35(41)63)53(83-51(71)25-77-43-11-5-31(59)17-37(43)65)54(84-52(72)26-78-44-12-6-32(60)18-38(44)66)46(82-50(70)24-76-42-10-4-30(58)16-36(42)64)20-80-48(68)22-74-40-8-2-28(56)14-34(40)62/h1-18,45-46,53-54H,19-26H2. The third kappa shape index (κ3) is 22.0. The summed E-state index contributed by atoms with van der Waals surface area (Å²) >= 11 is 74.1. The number of esters is 6. The van der Waals surface area contributed by atoms with Crippen LogP contribution in [0.25, 0.3) is 0 Å². The van der Waals surface area contributed by atoms with Crippen LogP contribution in [0, 0.1) is 0 Å². The lowest BCUT2D eigenvalue weighted by molar-refractivity contribution is -0.211. The topological polar surface area (TPSA) is 213 Å². The molecule has 4 unspecified atom stereocenters. The van der Waals surface area contributed by atoms with Gasteiger partial charge in [0.1, 0.15) is 47.7 Å². The molecule has 6 aromatic rings. The maximum Gasteiger partial charge on any atom is 0.344 e. The van der Waals surface area contributed by atoms with E-state index in [1.165, 1.54) is 109 Å². The van der Waals surface area contributed by atoms with E-state index in [0.29, 0.717) is 0 Å². The summed E-state index contributed by atoms with van der Waals surface area (Å²) in [6.07, 6.45) is -9.04. The van der Waals surface area contributed by atoms with Crippen molar-refractivity contribution in [3.05, 3.63) is 169 Å². The minimum atomic E-state index is -2.35. The predicted molar refractivity (Wildman–Crippen MR) is 313 cm³/mol. The minimum Gasteiger partial charge on any atom is -0.480 e. The number of halogens is 12. The van der Waals surface area contributed by atoms with Gasteiger partial charge in [-0.05, 0) is 109 Å². The van der Waals surface area contributed by atoms with Crippen LogP contribution >= 0.6 is 139 Å². The quantitative estimate of drug-likeness (QED) is 0.0315. The molecule has 0 saturated heterocycles. The molecule has 0 radical (unpaired) electrons. The van der Waals surface area contributed by atoms with Gasteiger partial charge in [-0.25, -0.2) is 28.8 Å². The van der Waals surface area contributed by atoms with Gasteiger partial charge in [-0.3, -0.25) is 0 Å². The first-order chi connectivity index (χ1) is 40.0. The lowest BCUT2D eigenvalue weighted by atomic mass is 10.0. The van der Waals surface area contributed by atoms with Crippen LogP contribution < -0.4 is 28.4 Å². The van der Waals surface area contributed by atoms with Crippen molar-refractivity contribution in [3.63, 3.8) is 0 Å². The molecule has 84 heavy (non-hydrogen) atoms. The Morgan fingerprint density at radius 2 is 0.464 bits per heavy atom. The highest BCUT2D eigenvalue weighted by atomic mass is 35.5. The van der Waals surface area contributed by atoms with Crippen LogP contribution in [0.1, 0.15) is 0 Å². The molecule has 0 aromatic heterocycles. The number of rotatable bonds is 29. The van der Waals surface area contributed by atoms with E-state index >= 15 is 0 Å². The van der Waals surface area contributed by atoms with Gasteiger partial charge in [-0.2, -0.15) is 0 Å². The van der Waals surface area contributed by atoms with Crippen LogP contribution in [0.5, 0.6) is 34.5 Å². The number of hydrogen-bond donors (Lipinski definition) is 0. The molecule has 0 bridgehead atoms. The van der Waals surface area contributed by atoms with Crippen molar-refractivity contribution < 1.29 is 85.6 Å². The van der Waals surface area contributed by atoms with E-state index in [1.807, 2.05) is 0 Å². The summed E-state index contributed by atoms with van der Waals surface area (Å²) in [4.78, 5) is 83.8. The van der Waals surface area contributed by atoms with E-state index in [0.717, 1.165) is 0 Å². The highest BCUT2D eigenvalue weighted by Gasteiger charge is 2.46. The third-order valence-electron chi connectivity index (χ3n) is 10.4. The van der Waals surface area contributed by atoms with Gasteiger partial charge in [0, 0.05) is 30.1 Å². The molecule has 30 heteroatoms. The molecule has 0 aliphatic heterocycles. The van der Waals surface area contributed by atoms with Crippen LogP contribution in [0.15, 0.2) is 109 Å². The van der Waals surface area contributed by atoms with Gasteiger partial charge in [0.15, 0.2) is 64.1 Å². The summed E-state index contributed by atoms with van der Waals surface area (Å²) in [5, 5.41) is 1.15. The second kappa shape index (κ2) is 33.4. The Morgan fingerprint density at radius 3 is 0.667 bits per heavy atom. The summed E-state index contributed by atoms with van der Waals surface area (Å²) < 4.78 is 68.3. The first-order valence-corrected chi connectivity index (χ1v) is 28.1. The molecule has 18 nitrogen and oxygen atoms in total. The average molecular weight is 1400 g/mol. The zero-order valence-electron chi connectivity index (χ0n) is 42.2. The van der Waals surface area contributed by atoms with Crippen molar-refractivity contribution in [2.75, 3.05) is 52.9 Å². The Balaban J connectivity index is 1.44. The maximum atomic E-state index is 14.3. The molecule has 0 amide bonds. The molecule has 0 saturated carbocycles. The number of ether oxygens (including phenoxy) is 12. The fourth-order valence-electron chi connectivity index (χ4n) is 6.69. The van der Waals surface area contributed by atoms with Crippen molar-refractivity contribution in [3.8, 4) is 34.5 Å². The Hall–Kier alpha value is -5.58. The summed E-state index contributed by atoms with van der Waals surface area (Å²) in [6.45, 7) is -7.95. The van der Waals surface area contributed by atoms with Gasteiger partial charge in [-0.1, -0.05) is 139 Å². The first-order valence-electron chi connectivity index (χ1n) is 23.6. The van der Waals surface area contributed by atoms with Gasteiger partial charge in [0.2, 0.25) is 0 Å². The Morgan fingerprint density at radius 1 is 0.274 bits per heavy atom. The second-order valence-corrected chi connectivity index (χ2v) is 21.6.